The van der Waals surface area contributed by atoms with Gasteiger partial charge in [-0.15, -0.1) is 0 Å². The van der Waals surface area contributed by atoms with Crippen LogP contribution >= 0.6 is 0 Å². The van der Waals surface area contributed by atoms with E-state index in [0.29, 0.717) is 35.7 Å². The zero-order valence-corrected chi connectivity index (χ0v) is 20.9. The maximum absolute atomic E-state index is 6.52. The second-order valence-corrected chi connectivity index (χ2v) is 12.1. The standard InChI is InChI=1S/C28H46O4/c1-19(32-26-7-5-6-16-30-26)23-10-11-24-22-9-8-20-17-21(31-18-29-4)12-14-27(20,2)25(22)13-15-28(23,24)3/h8,19,21-26H,5-7,9-18H2,1-4H3/t19-,21?,22-,23+,24-,25-,26?,27-,28+/m0/s1. The van der Waals surface area contributed by atoms with Crippen LogP contribution in [0, 0.1) is 34.5 Å². The van der Waals surface area contributed by atoms with Crippen molar-refractivity contribution < 1.29 is 18.9 Å². The molecule has 0 spiro atoms. The summed E-state index contributed by atoms with van der Waals surface area (Å²) in [7, 11) is 1.72. The molecule has 0 aromatic carbocycles. The zero-order valence-electron chi connectivity index (χ0n) is 20.9. The van der Waals surface area contributed by atoms with E-state index >= 15 is 0 Å². The van der Waals surface area contributed by atoms with Crippen molar-refractivity contribution in [1.82, 2.24) is 0 Å². The first-order valence-electron chi connectivity index (χ1n) is 13.5. The number of methoxy groups -OCH3 is 1. The molecule has 5 aliphatic rings. The van der Waals surface area contributed by atoms with Crippen molar-refractivity contribution >= 4 is 0 Å². The molecule has 1 saturated heterocycles. The van der Waals surface area contributed by atoms with Crippen molar-refractivity contribution in [3.8, 4) is 0 Å². The molecule has 4 fully saturated rings. The monoisotopic (exact) mass is 446 g/mol. The number of hydrogen-bond acceptors (Lipinski definition) is 4. The van der Waals surface area contributed by atoms with Gasteiger partial charge in [-0.1, -0.05) is 25.5 Å². The summed E-state index contributed by atoms with van der Waals surface area (Å²) in [5.74, 6) is 3.22. The summed E-state index contributed by atoms with van der Waals surface area (Å²) in [6.45, 7) is 8.84. The first kappa shape index (κ1) is 23.3. The fourth-order valence-corrected chi connectivity index (χ4v) is 8.90. The van der Waals surface area contributed by atoms with Crippen molar-refractivity contribution in [3.05, 3.63) is 11.6 Å². The second kappa shape index (κ2) is 9.32. The Bertz CT molecular complexity index is 685. The van der Waals surface area contributed by atoms with Crippen LogP contribution in [0.2, 0.25) is 0 Å². The van der Waals surface area contributed by atoms with E-state index in [0.717, 1.165) is 37.2 Å². The van der Waals surface area contributed by atoms with Crippen LogP contribution in [0.3, 0.4) is 0 Å². The van der Waals surface area contributed by atoms with Crippen LogP contribution in [0.4, 0.5) is 0 Å². The average Bonchev–Trinajstić information content (AvgIpc) is 3.15. The Morgan fingerprint density at radius 2 is 1.94 bits per heavy atom. The maximum Gasteiger partial charge on any atom is 0.157 e. The third-order valence-electron chi connectivity index (χ3n) is 10.6. The average molecular weight is 447 g/mol. The first-order valence-corrected chi connectivity index (χ1v) is 13.5. The van der Waals surface area contributed by atoms with E-state index in [1.165, 1.54) is 57.8 Å². The van der Waals surface area contributed by atoms with Crippen LogP contribution in [0.1, 0.15) is 91.4 Å². The smallest absolute Gasteiger partial charge is 0.157 e. The topological polar surface area (TPSA) is 36.9 Å². The molecule has 1 heterocycles. The number of hydrogen-bond donors (Lipinski definition) is 0. The molecule has 0 amide bonds. The molecule has 182 valence electrons. The SMILES string of the molecule is COCOC1CC[C@@]2(C)C(=CC[C@H]3[C@@H]4CC[C@H]([C@H](C)OC5CCCCO5)[C@@]4(C)CC[C@@H]32)C1. The van der Waals surface area contributed by atoms with Crippen molar-refractivity contribution in [2.75, 3.05) is 20.5 Å². The number of allylic oxidation sites excluding steroid dienone is 1. The second-order valence-electron chi connectivity index (χ2n) is 12.1. The van der Waals surface area contributed by atoms with E-state index in [1.54, 1.807) is 12.7 Å². The third kappa shape index (κ3) is 4.01. The Labute approximate surface area is 195 Å². The Morgan fingerprint density at radius 1 is 1.06 bits per heavy atom. The molecule has 0 N–H and O–H groups in total. The molecule has 0 bridgehead atoms. The molecular weight excluding hydrogens is 400 g/mol. The van der Waals surface area contributed by atoms with Crippen LogP contribution < -0.4 is 0 Å². The van der Waals surface area contributed by atoms with Crippen molar-refractivity contribution in [2.45, 2.75) is 110 Å². The van der Waals surface area contributed by atoms with Gasteiger partial charge in [-0.05, 0) is 112 Å². The highest BCUT2D eigenvalue weighted by Gasteiger charge is 2.59. The quantitative estimate of drug-likeness (QED) is 0.345. The lowest BCUT2D eigenvalue weighted by Gasteiger charge is -2.58. The van der Waals surface area contributed by atoms with Gasteiger partial charge in [-0.2, -0.15) is 0 Å². The highest BCUT2D eigenvalue weighted by atomic mass is 16.7. The summed E-state index contributed by atoms with van der Waals surface area (Å²) in [4.78, 5) is 0. The predicted molar refractivity (Wildman–Crippen MR) is 126 cm³/mol. The fourth-order valence-electron chi connectivity index (χ4n) is 8.90. The van der Waals surface area contributed by atoms with E-state index in [2.05, 4.69) is 26.8 Å². The molecule has 4 aliphatic carbocycles. The molecule has 32 heavy (non-hydrogen) atoms. The van der Waals surface area contributed by atoms with Crippen LogP contribution in [0.5, 0.6) is 0 Å². The van der Waals surface area contributed by atoms with Crippen molar-refractivity contribution in [3.63, 3.8) is 0 Å². The van der Waals surface area contributed by atoms with Gasteiger partial charge < -0.3 is 18.9 Å². The summed E-state index contributed by atoms with van der Waals surface area (Å²) >= 11 is 0. The molecule has 0 aromatic rings. The van der Waals surface area contributed by atoms with Crippen molar-refractivity contribution in [1.29, 1.82) is 0 Å². The normalized spacial score (nSPS) is 47.2. The van der Waals surface area contributed by atoms with Gasteiger partial charge in [-0.3, -0.25) is 0 Å². The van der Waals surface area contributed by atoms with Crippen molar-refractivity contribution in [2.24, 2.45) is 34.5 Å². The first-order chi connectivity index (χ1) is 15.5. The lowest BCUT2D eigenvalue weighted by atomic mass is 9.47. The Kier molecular flexibility index (Phi) is 6.79. The molecule has 4 heteroatoms. The lowest BCUT2D eigenvalue weighted by molar-refractivity contribution is -0.204. The van der Waals surface area contributed by atoms with E-state index < -0.39 is 0 Å². The van der Waals surface area contributed by atoms with Crippen LogP contribution in [0.25, 0.3) is 0 Å². The number of ether oxygens (including phenoxy) is 4. The van der Waals surface area contributed by atoms with Gasteiger partial charge in [0.05, 0.1) is 12.2 Å². The van der Waals surface area contributed by atoms with E-state index in [4.69, 9.17) is 18.9 Å². The molecule has 3 saturated carbocycles. The maximum atomic E-state index is 6.52. The summed E-state index contributed by atoms with van der Waals surface area (Å²) in [5, 5.41) is 0. The van der Waals surface area contributed by atoms with Crippen LogP contribution in [-0.2, 0) is 18.9 Å². The largest absolute Gasteiger partial charge is 0.359 e. The molecule has 2 unspecified atom stereocenters. The fraction of sp³-hybridized carbons (Fsp3) is 0.929. The number of fused-ring (bicyclic) bond motifs is 5. The van der Waals surface area contributed by atoms with Gasteiger partial charge in [0.1, 0.15) is 6.79 Å². The van der Waals surface area contributed by atoms with Gasteiger partial charge in [0.2, 0.25) is 0 Å². The highest BCUT2D eigenvalue weighted by Crippen LogP contribution is 2.66. The summed E-state index contributed by atoms with van der Waals surface area (Å²) < 4.78 is 23.6. The Balaban J connectivity index is 1.28. The molecular formula is C28H46O4. The lowest BCUT2D eigenvalue weighted by Crippen LogP contribution is -2.51. The molecule has 0 aromatic heterocycles. The minimum absolute atomic E-state index is 0.0346. The summed E-state index contributed by atoms with van der Waals surface area (Å²) in [5.41, 5.74) is 2.50. The zero-order chi connectivity index (χ0) is 22.3. The molecule has 9 atom stereocenters. The van der Waals surface area contributed by atoms with Gasteiger partial charge in [0, 0.05) is 13.7 Å². The van der Waals surface area contributed by atoms with Gasteiger partial charge in [0.25, 0.3) is 0 Å². The van der Waals surface area contributed by atoms with Crippen LogP contribution in [0.15, 0.2) is 11.6 Å². The Hall–Kier alpha value is -0.420. The minimum atomic E-state index is 0.0346. The van der Waals surface area contributed by atoms with Gasteiger partial charge >= 0.3 is 0 Å². The molecule has 1 aliphatic heterocycles. The molecule has 0 radical (unpaired) electrons. The molecule has 5 rings (SSSR count). The van der Waals surface area contributed by atoms with Gasteiger partial charge in [-0.25, -0.2) is 0 Å². The summed E-state index contributed by atoms with van der Waals surface area (Å²) in [6, 6.07) is 0. The van der Waals surface area contributed by atoms with E-state index in [1.807, 2.05) is 0 Å². The Morgan fingerprint density at radius 3 is 2.72 bits per heavy atom. The van der Waals surface area contributed by atoms with Gasteiger partial charge in [0.15, 0.2) is 6.29 Å². The third-order valence-corrected chi connectivity index (χ3v) is 10.6. The van der Waals surface area contributed by atoms with Crippen LogP contribution in [-0.4, -0.2) is 39.0 Å². The van der Waals surface area contributed by atoms with E-state index in [9.17, 15) is 0 Å². The van der Waals surface area contributed by atoms with E-state index in [-0.39, 0.29) is 6.29 Å². The predicted octanol–water partition coefficient (Wildman–Crippen LogP) is 6.49. The highest BCUT2D eigenvalue weighted by molar-refractivity contribution is 5.25. The minimum Gasteiger partial charge on any atom is -0.359 e. The number of rotatable bonds is 6. The summed E-state index contributed by atoms with van der Waals surface area (Å²) in [6.07, 6.45) is 17.2. The molecule has 4 nitrogen and oxygen atoms in total.